The van der Waals surface area contributed by atoms with Crippen LogP contribution >= 0.6 is 0 Å². The highest BCUT2D eigenvalue weighted by molar-refractivity contribution is 5.49. The van der Waals surface area contributed by atoms with Crippen molar-refractivity contribution >= 4 is 11.6 Å². The first-order valence-corrected chi connectivity index (χ1v) is 6.60. The topological polar surface area (TPSA) is 61.3 Å². The van der Waals surface area contributed by atoms with Gasteiger partial charge in [-0.15, -0.1) is 0 Å². The first kappa shape index (κ1) is 13.1. The van der Waals surface area contributed by atoms with Crippen molar-refractivity contribution in [2.24, 2.45) is 0 Å². The van der Waals surface area contributed by atoms with E-state index in [2.05, 4.69) is 34.0 Å². The van der Waals surface area contributed by atoms with Crippen LogP contribution in [0.15, 0.2) is 6.07 Å². The third-order valence-corrected chi connectivity index (χ3v) is 3.22. The Kier molecular flexibility index (Phi) is 4.01. The molecule has 1 aliphatic heterocycles. The van der Waals surface area contributed by atoms with E-state index in [4.69, 9.17) is 0 Å². The van der Waals surface area contributed by atoms with Crippen LogP contribution in [0, 0.1) is 0 Å². The lowest BCUT2D eigenvalue weighted by Gasteiger charge is -2.31. The van der Waals surface area contributed by atoms with E-state index >= 15 is 0 Å². The maximum absolute atomic E-state index is 9.75. The SMILES string of the molecule is CNc1cc(N2CCCC(O)C2)nc(C(C)C)n1. The Bertz CT molecular complexity index is 408. The van der Waals surface area contributed by atoms with Gasteiger partial charge in [-0.2, -0.15) is 0 Å². The van der Waals surface area contributed by atoms with Gasteiger partial charge < -0.3 is 15.3 Å². The molecule has 1 aromatic heterocycles. The quantitative estimate of drug-likeness (QED) is 0.853. The molecule has 0 saturated carbocycles. The number of nitrogens with one attached hydrogen (secondary N) is 1. The molecule has 0 bridgehead atoms. The Balaban J connectivity index is 2.28. The molecule has 1 aromatic rings. The summed E-state index contributed by atoms with van der Waals surface area (Å²) < 4.78 is 0. The molecule has 1 fully saturated rings. The van der Waals surface area contributed by atoms with E-state index in [9.17, 15) is 5.11 Å². The number of aliphatic hydroxyl groups excluding tert-OH is 1. The molecule has 5 nitrogen and oxygen atoms in total. The number of rotatable bonds is 3. The number of β-amino-alcohol motifs (C(OH)–C–C–N with tert-alkyl or cyclic N) is 1. The largest absolute Gasteiger partial charge is 0.391 e. The fourth-order valence-corrected chi connectivity index (χ4v) is 2.16. The number of anilines is 2. The lowest BCUT2D eigenvalue weighted by molar-refractivity contribution is 0.154. The fraction of sp³-hybridized carbons (Fsp3) is 0.692. The summed E-state index contributed by atoms with van der Waals surface area (Å²) in [5.74, 6) is 2.89. The van der Waals surface area contributed by atoms with Crippen molar-refractivity contribution in [2.45, 2.75) is 38.7 Å². The maximum atomic E-state index is 9.75. The second kappa shape index (κ2) is 5.52. The van der Waals surface area contributed by atoms with Crippen LogP contribution in [-0.4, -0.2) is 41.3 Å². The normalized spacial score (nSPS) is 20.3. The molecule has 0 radical (unpaired) electrons. The lowest BCUT2D eigenvalue weighted by atomic mass is 10.1. The summed E-state index contributed by atoms with van der Waals surface area (Å²) in [4.78, 5) is 11.2. The van der Waals surface area contributed by atoms with Gasteiger partial charge in [0.15, 0.2) is 0 Å². The van der Waals surface area contributed by atoms with E-state index in [1.807, 2.05) is 13.1 Å². The second-order valence-corrected chi connectivity index (χ2v) is 5.12. The zero-order valence-electron chi connectivity index (χ0n) is 11.3. The highest BCUT2D eigenvalue weighted by Gasteiger charge is 2.20. The molecular formula is C13H22N4O. The molecule has 1 atom stereocenters. The second-order valence-electron chi connectivity index (χ2n) is 5.12. The number of aliphatic hydroxyl groups is 1. The molecule has 0 amide bonds. The smallest absolute Gasteiger partial charge is 0.135 e. The van der Waals surface area contributed by atoms with Gasteiger partial charge in [-0.05, 0) is 12.8 Å². The van der Waals surface area contributed by atoms with Crippen molar-refractivity contribution in [1.82, 2.24) is 9.97 Å². The molecule has 1 saturated heterocycles. The van der Waals surface area contributed by atoms with Crippen molar-refractivity contribution in [3.05, 3.63) is 11.9 Å². The molecule has 0 spiro atoms. The molecule has 5 heteroatoms. The van der Waals surface area contributed by atoms with Crippen molar-refractivity contribution in [1.29, 1.82) is 0 Å². The highest BCUT2D eigenvalue weighted by atomic mass is 16.3. The average molecular weight is 250 g/mol. The van der Waals surface area contributed by atoms with Crippen LogP contribution in [-0.2, 0) is 0 Å². The van der Waals surface area contributed by atoms with Gasteiger partial charge in [0.25, 0.3) is 0 Å². The van der Waals surface area contributed by atoms with E-state index in [1.54, 1.807) is 0 Å². The van der Waals surface area contributed by atoms with Crippen LogP contribution in [0.2, 0.25) is 0 Å². The number of hydrogen-bond donors (Lipinski definition) is 2. The molecule has 0 aliphatic carbocycles. The molecule has 2 N–H and O–H groups in total. The Hall–Kier alpha value is -1.36. The summed E-state index contributed by atoms with van der Waals surface area (Å²) >= 11 is 0. The van der Waals surface area contributed by atoms with Gasteiger partial charge in [0.1, 0.15) is 17.5 Å². The van der Waals surface area contributed by atoms with Gasteiger partial charge in [-0.3, -0.25) is 0 Å². The first-order chi connectivity index (χ1) is 8.60. The number of nitrogens with zero attached hydrogens (tertiary/aromatic N) is 3. The zero-order chi connectivity index (χ0) is 13.1. The van der Waals surface area contributed by atoms with E-state index in [0.717, 1.165) is 36.8 Å². The summed E-state index contributed by atoms with van der Waals surface area (Å²) in [5.41, 5.74) is 0. The Morgan fingerprint density at radius 2 is 2.22 bits per heavy atom. The summed E-state index contributed by atoms with van der Waals surface area (Å²) in [5, 5.41) is 12.8. The minimum absolute atomic E-state index is 0.241. The maximum Gasteiger partial charge on any atom is 0.135 e. The monoisotopic (exact) mass is 250 g/mol. The third-order valence-electron chi connectivity index (χ3n) is 3.22. The first-order valence-electron chi connectivity index (χ1n) is 6.60. The van der Waals surface area contributed by atoms with Gasteiger partial charge in [-0.25, -0.2) is 9.97 Å². The molecule has 0 aromatic carbocycles. The van der Waals surface area contributed by atoms with Gasteiger partial charge >= 0.3 is 0 Å². The molecule has 1 aliphatic rings. The Labute approximate surface area is 108 Å². The van der Waals surface area contributed by atoms with Crippen molar-refractivity contribution in [2.75, 3.05) is 30.4 Å². The molecule has 2 rings (SSSR count). The van der Waals surface area contributed by atoms with E-state index < -0.39 is 0 Å². The van der Waals surface area contributed by atoms with Crippen molar-refractivity contribution < 1.29 is 5.11 Å². The molecule has 18 heavy (non-hydrogen) atoms. The Morgan fingerprint density at radius 1 is 1.44 bits per heavy atom. The van der Waals surface area contributed by atoms with Crippen LogP contribution < -0.4 is 10.2 Å². The average Bonchev–Trinajstić information content (AvgIpc) is 2.38. The zero-order valence-corrected chi connectivity index (χ0v) is 11.3. The van der Waals surface area contributed by atoms with E-state index in [1.165, 1.54) is 0 Å². The van der Waals surface area contributed by atoms with Gasteiger partial charge in [0.05, 0.1) is 6.10 Å². The van der Waals surface area contributed by atoms with E-state index in [-0.39, 0.29) is 6.10 Å². The van der Waals surface area contributed by atoms with Gasteiger partial charge in [0, 0.05) is 32.1 Å². The summed E-state index contributed by atoms with van der Waals surface area (Å²) in [7, 11) is 1.86. The van der Waals surface area contributed by atoms with Crippen LogP contribution in [0.4, 0.5) is 11.6 Å². The van der Waals surface area contributed by atoms with Crippen LogP contribution in [0.5, 0.6) is 0 Å². The molecular weight excluding hydrogens is 228 g/mol. The number of aromatic nitrogens is 2. The van der Waals surface area contributed by atoms with Crippen LogP contribution in [0.3, 0.4) is 0 Å². The number of hydrogen-bond acceptors (Lipinski definition) is 5. The highest BCUT2D eigenvalue weighted by Crippen LogP contribution is 2.22. The molecule has 100 valence electrons. The van der Waals surface area contributed by atoms with Gasteiger partial charge in [-0.1, -0.05) is 13.8 Å². The molecule has 1 unspecified atom stereocenters. The minimum Gasteiger partial charge on any atom is -0.391 e. The van der Waals surface area contributed by atoms with Gasteiger partial charge in [0.2, 0.25) is 0 Å². The summed E-state index contributed by atoms with van der Waals surface area (Å²) in [6.45, 7) is 5.79. The summed E-state index contributed by atoms with van der Waals surface area (Å²) in [6.07, 6.45) is 1.66. The van der Waals surface area contributed by atoms with E-state index in [0.29, 0.717) is 12.5 Å². The predicted molar refractivity (Wildman–Crippen MR) is 73.1 cm³/mol. The third kappa shape index (κ3) is 2.90. The Morgan fingerprint density at radius 3 is 2.83 bits per heavy atom. The van der Waals surface area contributed by atoms with Crippen molar-refractivity contribution in [3.8, 4) is 0 Å². The minimum atomic E-state index is -0.241. The molecule has 2 heterocycles. The summed E-state index contributed by atoms with van der Waals surface area (Å²) in [6, 6.07) is 1.95. The fourth-order valence-electron chi connectivity index (χ4n) is 2.16. The van der Waals surface area contributed by atoms with Crippen LogP contribution in [0.1, 0.15) is 38.4 Å². The predicted octanol–water partition coefficient (Wildman–Crippen LogP) is 1.60. The van der Waals surface area contributed by atoms with Crippen LogP contribution in [0.25, 0.3) is 0 Å². The number of piperidine rings is 1. The standard InChI is InChI=1S/C13H22N4O/c1-9(2)13-15-11(14-3)7-12(16-13)17-6-4-5-10(18)8-17/h7,9-10,18H,4-6,8H2,1-3H3,(H,14,15,16). The lowest BCUT2D eigenvalue weighted by Crippen LogP contribution is -2.38. The van der Waals surface area contributed by atoms with Crippen molar-refractivity contribution in [3.63, 3.8) is 0 Å².